The average molecular weight is 779 g/mol. The van der Waals surface area contributed by atoms with Crippen LogP contribution in [0.4, 0.5) is 0 Å². The van der Waals surface area contributed by atoms with Crippen molar-refractivity contribution in [2.24, 2.45) is 11.8 Å². The summed E-state index contributed by atoms with van der Waals surface area (Å²) >= 11 is 0. The molecular weight excluding hydrogens is 685 g/mol. The summed E-state index contributed by atoms with van der Waals surface area (Å²) in [6.45, 7) is 11.3. The molecule has 6 nitrogen and oxygen atoms in total. The van der Waals surface area contributed by atoms with Crippen molar-refractivity contribution in [3.63, 3.8) is 0 Å². The number of carbonyl (C=O) groups is 3. The van der Waals surface area contributed by atoms with Gasteiger partial charge in [-0.05, 0) is 31.1 Å². The lowest BCUT2D eigenvalue weighted by atomic mass is 9.99. The maximum absolute atomic E-state index is 12.5. The van der Waals surface area contributed by atoms with Gasteiger partial charge in [-0.3, -0.25) is 14.4 Å². The third-order valence-corrected chi connectivity index (χ3v) is 11.3. The summed E-state index contributed by atoms with van der Waals surface area (Å²) in [6, 6.07) is 0. The summed E-state index contributed by atoms with van der Waals surface area (Å²) in [6.07, 6.45) is 41.2. The van der Waals surface area contributed by atoms with Crippen molar-refractivity contribution in [1.29, 1.82) is 0 Å². The third-order valence-electron chi connectivity index (χ3n) is 11.3. The smallest absolute Gasteiger partial charge is 0.306 e. The minimum Gasteiger partial charge on any atom is -0.462 e. The van der Waals surface area contributed by atoms with Crippen molar-refractivity contribution < 1.29 is 28.6 Å². The van der Waals surface area contributed by atoms with Crippen molar-refractivity contribution in [3.05, 3.63) is 0 Å². The van der Waals surface area contributed by atoms with Crippen LogP contribution < -0.4 is 0 Å². The molecule has 0 aromatic heterocycles. The predicted octanol–water partition coefficient (Wildman–Crippen LogP) is 15.4. The summed E-state index contributed by atoms with van der Waals surface area (Å²) in [5, 5.41) is 0. The number of esters is 3. The van der Waals surface area contributed by atoms with E-state index in [0.29, 0.717) is 19.3 Å². The molecule has 0 N–H and O–H groups in total. The fourth-order valence-corrected chi connectivity index (χ4v) is 7.25. The molecule has 0 heterocycles. The third kappa shape index (κ3) is 41.9. The molecule has 0 spiro atoms. The van der Waals surface area contributed by atoms with Gasteiger partial charge in [0.15, 0.2) is 6.10 Å². The summed E-state index contributed by atoms with van der Waals surface area (Å²) in [5.41, 5.74) is 0. The molecule has 0 rings (SSSR count). The molecule has 326 valence electrons. The van der Waals surface area contributed by atoms with Gasteiger partial charge in [-0.1, -0.05) is 227 Å². The number of carbonyl (C=O) groups excluding carboxylic acids is 3. The average Bonchev–Trinajstić information content (AvgIpc) is 3.17. The predicted molar refractivity (Wildman–Crippen MR) is 233 cm³/mol. The van der Waals surface area contributed by atoms with Crippen LogP contribution in [0.5, 0.6) is 0 Å². The highest BCUT2D eigenvalue weighted by Crippen LogP contribution is 2.17. The van der Waals surface area contributed by atoms with Crippen molar-refractivity contribution in [3.8, 4) is 0 Å². The Bertz CT molecular complexity index is 841. The first-order valence-corrected chi connectivity index (χ1v) is 24.3. The van der Waals surface area contributed by atoms with Crippen molar-refractivity contribution in [1.82, 2.24) is 0 Å². The second-order valence-electron chi connectivity index (χ2n) is 17.5. The highest BCUT2D eigenvalue weighted by Gasteiger charge is 2.19. The van der Waals surface area contributed by atoms with Gasteiger partial charge in [0.2, 0.25) is 0 Å². The Morgan fingerprint density at radius 1 is 0.382 bits per heavy atom. The number of unbranched alkanes of at least 4 members (excludes halogenated alkanes) is 27. The first kappa shape index (κ1) is 53.4. The van der Waals surface area contributed by atoms with E-state index in [-0.39, 0.29) is 31.1 Å². The van der Waals surface area contributed by atoms with E-state index in [9.17, 15) is 14.4 Å². The van der Waals surface area contributed by atoms with Gasteiger partial charge < -0.3 is 14.2 Å². The minimum atomic E-state index is -0.759. The zero-order chi connectivity index (χ0) is 40.5. The zero-order valence-electron chi connectivity index (χ0n) is 37.6. The van der Waals surface area contributed by atoms with E-state index in [2.05, 4.69) is 34.6 Å². The molecule has 55 heavy (non-hydrogen) atoms. The quantitative estimate of drug-likeness (QED) is 0.0348. The largest absolute Gasteiger partial charge is 0.462 e. The van der Waals surface area contributed by atoms with Gasteiger partial charge in [-0.2, -0.15) is 0 Å². The zero-order valence-corrected chi connectivity index (χ0v) is 37.6. The molecule has 0 radical (unpaired) electrons. The molecule has 0 saturated heterocycles. The first-order chi connectivity index (χ1) is 26.8. The normalized spacial score (nSPS) is 12.5. The molecular formula is C49H94O6. The maximum atomic E-state index is 12.5. The summed E-state index contributed by atoms with van der Waals surface area (Å²) in [5.74, 6) is 0.851. The topological polar surface area (TPSA) is 78.9 Å². The van der Waals surface area contributed by atoms with Gasteiger partial charge >= 0.3 is 17.9 Å². The number of rotatable bonds is 43. The number of hydrogen-bond acceptors (Lipinski definition) is 6. The molecule has 1 unspecified atom stereocenters. The highest BCUT2D eigenvalue weighted by atomic mass is 16.6. The van der Waals surface area contributed by atoms with Crippen LogP contribution in [0.15, 0.2) is 0 Å². The summed E-state index contributed by atoms with van der Waals surface area (Å²) in [4.78, 5) is 37.5. The SMILES string of the molecule is CCCCCCCC(=O)O[C@H](COC(=O)CCCCCCCCCCCCCCCCCC(C)C)COC(=O)CCCCCCCCCCCCC(C)CC. The van der Waals surface area contributed by atoms with Crippen molar-refractivity contribution in [2.45, 2.75) is 272 Å². The molecule has 0 bridgehead atoms. The van der Waals surface area contributed by atoms with E-state index >= 15 is 0 Å². The fourth-order valence-electron chi connectivity index (χ4n) is 7.25. The standard InChI is InChI=1S/C49H94O6/c1-6-8-9-27-36-41-49(52)55-46(43-54-48(51)40-35-31-26-22-18-17-20-24-29-33-38-45(5)7-2)42-53-47(50)39-34-30-25-21-16-14-12-10-11-13-15-19-23-28-32-37-44(3)4/h44-46H,6-43H2,1-5H3/t45?,46-/m1/s1. The summed E-state index contributed by atoms with van der Waals surface area (Å²) < 4.78 is 16.6. The monoisotopic (exact) mass is 779 g/mol. The Labute approximate surface area is 342 Å². The Kier molecular flexibility index (Phi) is 40.8. The molecule has 6 heteroatoms. The minimum absolute atomic E-state index is 0.0656. The lowest BCUT2D eigenvalue weighted by molar-refractivity contribution is -0.167. The van der Waals surface area contributed by atoms with Crippen LogP contribution in [0, 0.1) is 11.8 Å². The Balaban J connectivity index is 4.09. The van der Waals surface area contributed by atoms with Gasteiger partial charge in [-0.25, -0.2) is 0 Å². The van der Waals surface area contributed by atoms with E-state index in [1.165, 1.54) is 148 Å². The maximum Gasteiger partial charge on any atom is 0.306 e. The van der Waals surface area contributed by atoms with Gasteiger partial charge in [0.1, 0.15) is 13.2 Å². The fraction of sp³-hybridized carbons (Fsp3) is 0.939. The van der Waals surface area contributed by atoms with E-state index in [4.69, 9.17) is 14.2 Å². The van der Waals surface area contributed by atoms with Crippen LogP contribution in [0.25, 0.3) is 0 Å². The van der Waals surface area contributed by atoms with Crippen LogP contribution in [-0.2, 0) is 28.6 Å². The van der Waals surface area contributed by atoms with E-state index < -0.39 is 6.10 Å². The molecule has 0 amide bonds. The molecule has 0 aliphatic rings. The lowest BCUT2D eigenvalue weighted by Gasteiger charge is -2.18. The van der Waals surface area contributed by atoms with Crippen molar-refractivity contribution in [2.75, 3.05) is 13.2 Å². The molecule has 2 atom stereocenters. The van der Waals surface area contributed by atoms with E-state index in [1.54, 1.807) is 0 Å². The Morgan fingerprint density at radius 2 is 0.691 bits per heavy atom. The van der Waals surface area contributed by atoms with E-state index in [0.717, 1.165) is 76.0 Å². The van der Waals surface area contributed by atoms with Crippen LogP contribution >= 0.6 is 0 Å². The lowest BCUT2D eigenvalue weighted by Crippen LogP contribution is -2.30. The first-order valence-electron chi connectivity index (χ1n) is 24.3. The number of hydrogen-bond donors (Lipinski definition) is 0. The van der Waals surface area contributed by atoms with Crippen molar-refractivity contribution >= 4 is 17.9 Å². The number of ether oxygens (including phenoxy) is 3. The van der Waals surface area contributed by atoms with Gasteiger partial charge in [0.05, 0.1) is 0 Å². The molecule has 0 fully saturated rings. The Hall–Kier alpha value is -1.59. The second kappa shape index (κ2) is 42.0. The molecule has 0 aromatic carbocycles. The van der Waals surface area contributed by atoms with Gasteiger partial charge in [0, 0.05) is 19.3 Å². The Morgan fingerprint density at radius 3 is 1.04 bits per heavy atom. The molecule has 0 aliphatic carbocycles. The van der Waals surface area contributed by atoms with Crippen LogP contribution in [-0.4, -0.2) is 37.2 Å². The van der Waals surface area contributed by atoms with Crippen LogP contribution in [0.1, 0.15) is 266 Å². The van der Waals surface area contributed by atoms with Crippen LogP contribution in [0.3, 0.4) is 0 Å². The molecule has 0 saturated carbocycles. The molecule has 0 aromatic rings. The van der Waals surface area contributed by atoms with Gasteiger partial charge in [-0.15, -0.1) is 0 Å². The van der Waals surface area contributed by atoms with E-state index in [1.807, 2.05) is 0 Å². The molecule has 0 aliphatic heterocycles. The van der Waals surface area contributed by atoms with Gasteiger partial charge in [0.25, 0.3) is 0 Å². The summed E-state index contributed by atoms with van der Waals surface area (Å²) in [7, 11) is 0. The van der Waals surface area contributed by atoms with Crippen LogP contribution in [0.2, 0.25) is 0 Å². The highest BCUT2D eigenvalue weighted by molar-refractivity contribution is 5.71. The second-order valence-corrected chi connectivity index (χ2v) is 17.5.